The van der Waals surface area contributed by atoms with Gasteiger partial charge >= 0.3 is 0 Å². The number of hydrogen-bond donors (Lipinski definition) is 6. The van der Waals surface area contributed by atoms with Crippen molar-refractivity contribution in [1.29, 1.82) is 0 Å². The second kappa shape index (κ2) is 9.04. The number of primary amides is 1. The van der Waals surface area contributed by atoms with Gasteiger partial charge in [-0.15, -0.1) is 0 Å². The zero-order valence-corrected chi connectivity index (χ0v) is 13.2. The third-order valence-corrected chi connectivity index (χ3v) is 4.02. The minimum Gasteiger partial charge on any atom is -0.377 e. The first-order valence-electron chi connectivity index (χ1n) is 7.83. The predicted octanol–water partition coefficient (Wildman–Crippen LogP) is -1.63. The van der Waals surface area contributed by atoms with E-state index in [9.17, 15) is 19.8 Å². The average molecular weight is 316 g/mol. The van der Waals surface area contributed by atoms with E-state index in [4.69, 9.17) is 5.73 Å². The SMILES string of the molecule is CCNC(=O)CCC1NC(O)C(CC(CC)C(N)=O)NC1O. The predicted molar refractivity (Wildman–Crippen MR) is 81.4 cm³/mol. The van der Waals surface area contributed by atoms with Gasteiger partial charge in [0.05, 0.1) is 0 Å². The fourth-order valence-electron chi connectivity index (χ4n) is 2.65. The Morgan fingerprint density at radius 3 is 2.32 bits per heavy atom. The molecule has 5 atom stereocenters. The number of rotatable bonds is 8. The summed E-state index contributed by atoms with van der Waals surface area (Å²) in [6, 6.07) is -0.893. The van der Waals surface area contributed by atoms with Gasteiger partial charge in [0.25, 0.3) is 0 Å². The topological polar surface area (TPSA) is 137 Å². The minimum atomic E-state index is -0.906. The highest BCUT2D eigenvalue weighted by Crippen LogP contribution is 2.17. The van der Waals surface area contributed by atoms with Crippen molar-refractivity contribution < 1.29 is 19.8 Å². The largest absolute Gasteiger partial charge is 0.377 e. The molecule has 7 N–H and O–H groups in total. The maximum absolute atomic E-state index is 11.4. The van der Waals surface area contributed by atoms with Crippen LogP contribution in [0.2, 0.25) is 0 Å². The molecule has 1 saturated heterocycles. The van der Waals surface area contributed by atoms with Crippen molar-refractivity contribution in [2.45, 2.75) is 64.1 Å². The molecule has 5 unspecified atom stereocenters. The van der Waals surface area contributed by atoms with E-state index in [1.54, 1.807) is 0 Å². The van der Waals surface area contributed by atoms with Gasteiger partial charge in [-0.3, -0.25) is 20.2 Å². The number of aliphatic hydroxyl groups excluding tert-OH is 2. The third-order valence-electron chi connectivity index (χ3n) is 4.02. The Morgan fingerprint density at radius 1 is 1.18 bits per heavy atom. The zero-order chi connectivity index (χ0) is 16.7. The molecule has 1 aliphatic rings. The van der Waals surface area contributed by atoms with E-state index >= 15 is 0 Å². The first-order chi connectivity index (χ1) is 10.4. The standard InChI is InChI=1S/C14H28N4O4/c1-3-8(12(15)20)7-10-14(22)17-9(13(21)18-10)5-6-11(19)16-4-2/h8-10,13-14,17-18,21-22H,3-7H2,1-2H3,(H2,15,20)(H,16,19). The molecule has 0 aromatic carbocycles. The number of nitrogens with one attached hydrogen (secondary N) is 3. The molecule has 8 nitrogen and oxygen atoms in total. The Bertz CT molecular complexity index is 380. The third kappa shape index (κ3) is 5.53. The molecule has 0 aromatic rings. The minimum absolute atomic E-state index is 0.0899. The van der Waals surface area contributed by atoms with Crippen molar-refractivity contribution >= 4 is 11.8 Å². The van der Waals surface area contributed by atoms with Crippen LogP contribution in [-0.2, 0) is 9.59 Å². The van der Waals surface area contributed by atoms with Gasteiger partial charge in [-0.1, -0.05) is 6.92 Å². The molecule has 0 bridgehead atoms. The fourth-order valence-corrected chi connectivity index (χ4v) is 2.65. The molecule has 0 spiro atoms. The van der Waals surface area contributed by atoms with Gasteiger partial charge in [0.15, 0.2) is 0 Å². The van der Waals surface area contributed by atoms with Crippen LogP contribution >= 0.6 is 0 Å². The van der Waals surface area contributed by atoms with Crippen LogP contribution in [0.15, 0.2) is 0 Å². The van der Waals surface area contributed by atoms with Crippen molar-refractivity contribution in [2.75, 3.05) is 6.54 Å². The maximum Gasteiger partial charge on any atom is 0.220 e. The Labute approximate surface area is 130 Å². The number of piperazine rings is 1. The molecule has 128 valence electrons. The van der Waals surface area contributed by atoms with Gasteiger partial charge in [-0.05, 0) is 26.2 Å². The van der Waals surface area contributed by atoms with E-state index in [0.29, 0.717) is 25.8 Å². The number of amides is 2. The Balaban J connectivity index is 2.49. The van der Waals surface area contributed by atoms with Gasteiger partial charge < -0.3 is 21.3 Å². The van der Waals surface area contributed by atoms with Gasteiger partial charge in [-0.25, -0.2) is 0 Å². The van der Waals surface area contributed by atoms with Crippen molar-refractivity contribution in [2.24, 2.45) is 11.7 Å². The van der Waals surface area contributed by atoms with Crippen LogP contribution in [0.25, 0.3) is 0 Å². The molecule has 1 aliphatic heterocycles. The van der Waals surface area contributed by atoms with E-state index in [1.807, 2.05) is 13.8 Å². The maximum atomic E-state index is 11.4. The first kappa shape index (κ1) is 18.8. The van der Waals surface area contributed by atoms with E-state index in [0.717, 1.165) is 0 Å². The molecular weight excluding hydrogens is 288 g/mol. The van der Waals surface area contributed by atoms with Crippen LogP contribution in [0.1, 0.15) is 39.5 Å². The highest BCUT2D eigenvalue weighted by Gasteiger charge is 2.35. The molecule has 0 aliphatic carbocycles. The van der Waals surface area contributed by atoms with Crippen LogP contribution in [0.3, 0.4) is 0 Å². The van der Waals surface area contributed by atoms with Gasteiger partial charge in [-0.2, -0.15) is 0 Å². The molecule has 0 radical (unpaired) electrons. The lowest BCUT2D eigenvalue weighted by atomic mass is 9.93. The van der Waals surface area contributed by atoms with Gasteiger partial charge in [0.1, 0.15) is 12.5 Å². The number of carbonyl (C=O) groups excluding carboxylic acids is 2. The quantitative estimate of drug-likeness (QED) is 0.318. The lowest BCUT2D eigenvalue weighted by Gasteiger charge is -2.40. The summed E-state index contributed by atoms with van der Waals surface area (Å²) in [5, 5.41) is 28.7. The zero-order valence-electron chi connectivity index (χ0n) is 13.2. The van der Waals surface area contributed by atoms with E-state index in [2.05, 4.69) is 16.0 Å². The summed E-state index contributed by atoms with van der Waals surface area (Å²) in [4.78, 5) is 22.7. The van der Waals surface area contributed by atoms with Gasteiger partial charge in [0, 0.05) is 31.0 Å². The summed E-state index contributed by atoms with van der Waals surface area (Å²) >= 11 is 0. The molecule has 1 heterocycles. The monoisotopic (exact) mass is 316 g/mol. The molecule has 1 fully saturated rings. The summed E-state index contributed by atoms with van der Waals surface area (Å²) in [6.45, 7) is 4.25. The molecule has 0 saturated carbocycles. The normalized spacial score (nSPS) is 29.8. The summed E-state index contributed by atoms with van der Waals surface area (Å²) in [5.74, 6) is -0.856. The summed E-state index contributed by atoms with van der Waals surface area (Å²) in [6.07, 6.45) is -0.210. The number of carbonyl (C=O) groups is 2. The van der Waals surface area contributed by atoms with E-state index < -0.39 is 30.4 Å². The number of nitrogens with two attached hydrogens (primary N) is 1. The molecule has 0 aromatic heterocycles. The summed E-state index contributed by atoms with van der Waals surface area (Å²) in [5.41, 5.74) is 5.31. The number of hydrogen-bond acceptors (Lipinski definition) is 6. The second-order valence-electron chi connectivity index (χ2n) is 5.67. The highest BCUT2D eigenvalue weighted by molar-refractivity contribution is 5.76. The molecule has 22 heavy (non-hydrogen) atoms. The Morgan fingerprint density at radius 2 is 1.77 bits per heavy atom. The summed E-state index contributed by atoms with van der Waals surface area (Å²) < 4.78 is 0. The Hall–Kier alpha value is -1.22. The van der Waals surface area contributed by atoms with Crippen molar-refractivity contribution in [3.63, 3.8) is 0 Å². The van der Waals surface area contributed by atoms with Crippen LogP contribution in [0.4, 0.5) is 0 Å². The molecule has 8 heteroatoms. The van der Waals surface area contributed by atoms with E-state index in [-0.39, 0.29) is 18.2 Å². The van der Waals surface area contributed by atoms with E-state index in [1.165, 1.54) is 0 Å². The smallest absolute Gasteiger partial charge is 0.220 e. The fraction of sp³-hybridized carbons (Fsp3) is 0.857. The van der Waals surface area contributed by atoms with Gasteiger partial charge in [0.2, 0.25) is 11.8 Å². The first-order valence-corrected chi connectivity index (χ1v) is 7.83. The summed E-state index contributed by atoms with van der Waals surface area (Å²) in [7, 11) is 0. The lowest BCUT2D eigenvalue weighted by molar-refractivity contribution is -0.124. The highest BCUT2D eigenvalue weighted by atomic mass is 16.3. The number of aliphatic hydroxyl groups is 2. The van der Waals surface area contributed by atoms with Crippen LogP contribution in [0, 0.1) is 5.92 Å². The van der Waals surface area contributed by atoms with Crippen molar-refractivity contribution in [1.82, 2.24) is 16.0 Å². The van der Waals surface area contributed by atoms with Crippen LogP contribution in [-0.4, -0.2) is 53.1 Å². The van der Waals surface area contributed by atoms with Crippen LogP contribution in [0.5, 0.6) is 0 Å². The average Bonchev–Trinajstić information content (AvgIpc) is 2.46. The van der Waals surface area contributed by atoms with Crippen molar-refractivity contribution in [3.05, 3.63) is 0 Å². The van der Waals surface area contributed by atoms with Crippen molar-refractivity contribution in [3.8, 4) is 0 Å². The second-order valence-corrected chi connectivity index (χ2v) is 5.67. The molecule has 1 rings (SSSR count). The lowest BCUT2D eigenvalue weighted by Crippen LogP contribution is -2.66. The molecule has 2 amide bonds. The molecular formula is C14H28N4O4. The van der Waals surface area contributed by atoms with Crippen LogP contribution < -0.4 is 21.7 Å². The Kier molecular flexibility index (Phi) is 7.74.